The van der Waals surface area contributed by atoms with Gasteiger partial charge in [0.1, 0.15) is 5.82 Å². The first kappa shape index (κ1) is 10.3. The van der Waals surface area contributed by atoms with Crippen LogP contribution in [0.2, 0.25) is 0 Å². The molecule has 1 aromatic heterocycles. The summed E-state index contributed by atoms with van der Waals surface area (Å²) in [5.74, 6) is 1.95. The van der Waals surface area contributed by atoms with E-state index in [2.05, 4.69) is 45.7 Å². The van der Waals surface area contributed by atoms with Crippen LogP contribution in [0.5, 0.6) is 0 Å². The molecule has 16 heavy (non-hydrogen) atoms. The molecule has 2 nitrogen and oxygen atoms in total. The predicted octanol–water partition coefficient (Wildman–Crippen LogP) is 3.99. The van der Waals surface area contributed by atoms with Gasteiger partial charge in [-0.2, -0.15) is 0 Å². The molecular formula is C13H15BrN2. The van der Waals surface area contributed by atoms with E-state index in [1.165, 1.54) is 37.0 Å². The summed E-state index contributed by atoms with van der Waals surface area (Å²) in [7, 11) is 2.13. The van der Waals surface area contributed by atoms with Gasteiger partial charge in [-0.3, -0.25) is 0 Å². The van der Waals surface area contributed by atoms with Crippen LogP contribution in [0, 0.1) is 0 Å². The van der Waals surface area contributed by atoms with Gasteiger partial charge >= 0.3 is 0 Å². The molecule has 0 amide bonds. The van der Waals surface area contributed by atoms with Crippen molar-refractivity contribution in [2.24, 2.45) is 7.05 Å². The van der Waals surface area contributed by atoms with Gasteiger partial charge in [-0.1, -0.05) is 28.8 Å². The van der Waals surface area contributed by atoms with E-state index in [0.29, 0.717) is 5.92 Å². The fraction of sp³-hybridized carbons (Fsp3) is 0.462. The number of benzene rings is 1. The van der Waals surface area contributed by atoms with Crippen LogP contribution in [-0.4, -0.2) is 9.55 Å². The smallest absolute Gasteiger partial charge is 0.112 e. The molecule has 2 aromatic rings. The highest BCUT2D eigenvalue weighted by molar-refractivity contribution is 9.10. The van der Waals surface area contributed by atoms with Crippen LogP contribution in [0.3, 0.4) is 0 Å². The number of aromatic nitrogens is 2. The SMILES string of the molecule is Cn1c(C2CCCC2)nc2ccc(Br)cc21. The number of hydrogen-bond acceptors (Lipinski definition) is 1. The number of imidazole rings is 1. The predicted molar refractivity (Wildman–Crippen MR) is 69.6 cm³/mol. The summed E-state index contributed by atoms with van der Waals surface area (Å²) in [6.45, 7) is 0. The van der Waals surface area contributed by atoms with Crippen molar-refractivity contribution in [1.29, 1.82) is 0 Å². The molecule has 0 atom stereocenters. The average Bonchev–Trinajstić information content (AvgIpc) is 2.87. The van der Waals surface area contributed by atoms with Crippen molar-refractivity contribution in [2.75, 3.05) is 0 Å². The van der Waals surface area contributed by atoms with Crippen molar-refractivity contribution in [2.45, 2.75) is 31.6 Å². The minimum atomic E-state index is 0.677. The van der Waals surface area contributed by atoms with E-state index < -0.39 is 0 Å². The molecule has 1 aliphatic carbocycles. The van der Waals surface area contributed by atoms with E-state index in [0.717, 1.165) is 9.99 Å². The van der Waals surface area contributed by atoms with Crippen molar-refractivity contribution in [3.63, 3.8) is 0 Å². The molecule has 0 radical (unpaired) electrons. The Kier molecular flexibility index (Phi) is 2.51. The Balaban J connectivity index is 2.15. The zero-order valence-electron chi connectivity index (χ0n) is 9.41. The van der Waals surface area contributed by atoms with Gasteiger partial charge in [-0.25, -0.2) is 4.98 Å². The van der Waals surface area contributed by atoms with E-state index >= 15 is 0 Å². The van der Waals surface area contributed by atoms with Crippen LogP contribution in [0.4, 0.5) is 0 Å². The molecule has 3 heteroatoms. The summed E-state index contributed by atoms with van der Waals surface area (Å²) in [4.78, 5) is 4.78. The highest BCUT2D eigenvalue weighted by Gasteiger charge is 2.22. The van der Waals surface area contributed by atoms with Gasteiger partial charge < -0.3 is 4.57 Å². The molecule has 3 rings (SSSR count). The second-order valence-electron chi connectivity index (χ2n) is 4.64. The number of fused-ring (bicyclic) bond motifs is 1. The summed E-state index contributed by atoms with van der Waals surface area (Å²) in [6, 6.07) is 6.31. The monoisotopic (exact) mass is 278 g/mol. The van der Waals surface area contributed by atoms with Crippen molar-refractivity contribution >= 4 is 27.0 Å². The summed E-state index contributed by atoms with van der Waals surface area (Å²) < 4.78 is 3.39. The molecule has 0 bridgehead atoms. The van der Waals surface area contributed by atoms with Crippen molar-refractivity contribution in [3.05, 3.63) is 28.5 Å². The zero-order valence-corrected chi connectivity index (χ0v) is 11.0. The van der Waals surface area contributed by atoms with Crippen LogP contribution in [0.1, 0.15) is 37.4 Å². The minimum absolute atomic E-state index is 0.677. The molecule has 0 aliphatic heterocycles. The molecule has 1 heterocycles. The molecule has 0 saturated heterocycles. The van der Waals surface area contributed by atoms with Gasteiger partial charge in [0, 0.05) is 17.4 Å². The third-order valence-electron chi connectivity index (χ3n) is 3.60. The molecule has 1 fully saturated rings. The molecule has 84 valence electrons. The van der Waals surface area contributed by atoms with Gasteiger partial charge in [0.05, 0.1) is 11.0 Å². The van der Waals surface area contributed by atoms with Crippen LogP contribution in [0.25, 0.3) is 11.0 Å². The topological polar surface area (TPSA) is 17.8 Å². The lowest BCUT2D eigenvalue weighted by Gasteiger charge is -2.08. The Hall–Kier alpha value is -0.830. The maximum atomic E-state index is 4.78. The zero-order chi connectivity index (χ0) is 11.1. The third-order valence-corrected chi connectivity index (χ3v) is 4.09. The Labute approximate surface area is 104 Å². The maximum absolute atomic E-state index is 4.78. The van der Waals surface area contributed by atoms with Crippen LogP contribution >= 0.6 is 15.9 Å². The van der Waals surface area contributed by atoms with E-state index in [4.69, 9.17) is 4.98 Å². The van der Waals surface area contributed by atoms with Gasteiger partial charge in [0.15, 0.2) is 0 Å². The summed E-state index contributed by atoms with van der Waals surface area (Å²) in [6.07, 6.45) is 5.33. The molecular weight excluding hydrogens is 264 g/mol. The molecule has 0 spiro atoms. The number of nitrogens with zero attached hydrogens (tertiary/aromatic N) is 2. The molecule has 1 aromatic carbocycles. The summed E-state index contributed by atoms with van der Waals surface area (Å²) >= 11 is 3.52. The fourth-order valence-corrected chi connectivity index (χ4v) is 3.08. The first-order valence-electron chi connectivity index (χ1n) is 5.87. The first-order chi connectivity index (χ1) is 7.75. The highest BCUT2D eigenvalue weighted by Crippen LogP contribution is 2.35. The lowest BCUT2D eigenvalue weighted by atomic mass is 10.1. The quantitative estimate of drug-likeness (QED) is 0.771. The average molecular weight is 279 g/mol. The van der Waals surface area contributed by atoms with Crippen LogP contribution in [0.15, 0.2) is 22.7 Å². The van der Waals surface area contributed by atoms with Crippen molar-refractivity contribution < 1.29 is 0 Å². The third kappa shape index (κ3) is 1.58. The molecule has 1 saturated carbocycles. The van der Waals surface area contributed by atoms with Crippen LogP contribution < -0.4 is 0 Å². The Morgan fingerprint density at radius 2 is 2.06 bits per heavy atom. The number of hydrogen-bond donors (Lipinski definition) is 0. The van der Waals surface area contributed by atoms with Gasteiger partial charge in [0.25, 0.3) is 0 Å². The van der Waals surface area contributed by atoms with E-state index in [1.54, 1.807) is 0 Å². The maximum Gasteiger partial charge on any atom is 0.112 e. The summed E-state index contributed by atoms with van der Waals surface area (Å²) in [5.41, 5.74) is 2.35. The molecule has 1 aliphatic rings. The number of aryl methyl sites for hydroxylation is 1. The van der Waals surface area contributed by atoms with Crippen molar-refractivity contribution in [1.82, 2.24) is 9.55 Å². The van der Waals surface area contributed by atoms with E-state index in [-0.39, 0.29) is 0 Å². The Bertz CT molecular complexity index is 524. The normalized spacial score (nSPS) is 17.4. The first-order valence-corrected chi connectivity index (χ1v) is 6.67. The van der Waals surface area contributed by atoms with E-state index in [1.807, 2.05) is 0 Å². The second-order valence-corrected chi connectivity index (χ2v) is 5.56. The van der Waals surface area contributed by atoms with Gasteiger partial charge in [-0.05, 0) is 31.0 Å². The summed E-state index contributed by atoms with van der Waals surface area (Å²) in [5, 5.41) is 0. The van der Waals surface area contributed by atoms with Crippen molar-refractivity contribution in [3.8, 4) is 0 Å². The lowest BCUT2D eigenvalue weighted by molar-refractivity contribution is 0.639. The minimum Gasteiger partial charge on any atom is -0.331 e. The standard InChI is InChI=1S/C13H15BrN2/c1-16-12-8-10(14)6-7-11(12)15-13(16)9-4-2-3-5-9/h6-9H,2-5H2,1H3. The number of halogens is 1. The second kappa shape index (κ2) is 3.88. The lowest BCUT2D eigenvalue weighted by Crippen LogP contribution is -2.02. The van der Waals surface area contributed by atoms with E-state index in [9.17, 15) is 0 Å². The largest absolute Gasteiger partial charge is 0.331 e. The fourth-order valence-electron chi connectivity index (χ4n) is 2.73. The van der Waals surface area contributed by atoms with Gasteiger partial charge in [-0.15, -0.1) is 0 Å². The van der Waals surface area contributed by atoms with Gasteiger partial charge in [0.2, 0.25) is 0 Å². The molecule has 0 unspecified atom stereocenters. The molecule has 0 N–H and O–H groups in total. The highest BCUT2D eigenvalue weighted by atomic mass is 79.9. The number of rotatable bonds is 1. The Morgan fingerprint density at radius 3 is 2.81 bits per heavy atom. The Morgan fingerprint density at radius 1 is 1.31 bits per heavy atom. The van der Waals surface area contributed by atoms with Crippen LogP contribution in [-0.2, 0) is 7.05 Å².